The highest BCUT2D eigenvalue weighted by atomic mass is 79.9. The summed E-state index contributed by atoms with van der Waals surface area (Å²) in [4.78, 5) is 23.0. The van der Waals surface area contributed by atoms with Gasteiger partial charge in [-0.05, 0) is 25.5 Å². The van der Waals surface area contributed by atoms with Crippen LogP contribution < -0.4 is 0 Å². The number of ketones is 2. The number of Topliss-reactive ketones (excluding diaryl/α,β-unsaturated/α-hetero) is 2. The number of aryl methyl sites for hydroxylation is 2. The first-order valence-electron chi connectivity index (χ1n) is 8.54. The van der Waals surface area contributed by atoms with Gasteiger partial charge in [-0.2, -0.15) is 0 Å². The Kier molecular flexibility index (Phi) is 8.24. The number of hydrogen-bond acceptors (Lipinski definition) is 2. The highest BCUT2D eigenvalue weighted by molar-refractivity contribution is 9.10. The molecule has 0 radical (unpaired) electrons. The molecule has 0 fully saturated rings. The molecule has 2 aromatic rings. The van der Waals surface area contributed by atoms with Crippen molar-refractivity contribution in [3.05, 3.63) is 69.2 Å². The van der Waals surface area contributed by atoms with Crippen molar-refractivity contribution in [2.45, 2.75) is 41.5 Å². The van der Waals surface area contributed by atoms with Gasteiger partial charge in [-0.3, -0.25) is 9.59 Å². The van der Waals surface area contributed by atoms with Crippen molar-refractivity contribution in [3.63, 3.8) is 0 Å². The van der Waals surface area contributed by atoms with Crippen molar-refractivity contribution >= 4 is 27.5 Å². The molecule has 0 aromatic heterocycles. The van der Waals surface area contributed by atoms with E-state index in [1.54, 1.807) is 0 Å². The molecule has 25 heavy (non-hydrogen) atoms. The fraction of sp³-hybridized carbons (Fsp3) is 0.364. The number of carbonyl (C=O) groups is 2. The van der Waals surface area contributed by atoms with Crippen LogP contribution in [0.2, 0.25) is 0 Å². The van der Waals surface area contributed by atoms with Gasteiger partial charge in [0.1, 0.15) is 0 Å². The van der Waals surface area contributed by atoms with Crippen LogP contribution in [0.1, 0.15) is 59.5 Å². The van der Waals surface area contributed by atoms with Gasteiger partial charge in [0, 0.05) is 27.4 Å². The van der Waals surface area contributed by atoms with Gasteiger partial charge in [-0.1, -0.05) is 85.6 Å². The molecule has 0 aliphatic rings. The average molecular weight is 403 g/mol. The van der Waals surface area contributed by atoms with Crippen molar-refractivity contribution in [2.75, 3.05) is 0 Å². The highest BCUT2D eigenvalue weighted by Crippen LogP contribution is 2.19. The maximum Gasteiger partial charge on any atom is 0.165 e. The Hall–Kier alpha value is -1.74. The summed E-state index contributed by atoms with van der Waals surface area (Å²) >= 11 is 3.41. The minimum atomic E-state index is 0.0645. The van der Waals surface area contributed by atoms with Crippen LogP contribution in [0.15, 0.2) is 46.9 Å². The van der Waals surface area contributed by atoms with Gasteiger partial charge in [-0.25, -0.2) is 0 Å². The molecule has 0 unspecified atom stereocenters. The quantitative estimate of drug-likeness (QED) is 0.551. The standard InChI is InChI=1S/C11H13BrO.C11H14O/c1-7(2)11(13)9-5-4-8(3)10(12)6-9;1-8(2)11(12)10-6-4-9(3)5-7-10/h4-7H,1-3H3;4-8H,1-3H3. The minimum absolute atomic E-state index is 0.0645. The lowest BCUT2D eigenvalue weighted by atomic mass is 10.0. The third-order valence-electron chi connectivity index (χ3n) is 3.84. The van der Waals surface area contributed by atoms with Crippen molar-refractivity contribution in [1.29, 1.82) is 0 Å². The Morgan fingerprint density at radius 1 is 0.760 bits per heavy atom. The number of rotatable bonds is 4. The zero-order chi connectivity index (χ0) is 19.1. The zero-order valence-corrected chi connectivity index (χ0v) is 17.5. The van der Waals surface area contributed by atoms with E-state index in [1.165, 1.54) is 5.56 Å². The van der Waals surface area contributed by atoms with E-state index >= 15 is 0 Å². The molecule has 2 rings (SSSR count). The van der Waals surface area contributed by atoms with Gasteiger partial charge in [0.05, 0.1) is 0 Å². The van der Waals surface area contributed by atoms with Crippen molar-refractivity contribution in [3.8, 4) is 0 Å². The minimum Gasteiger partial charge on any atom is -0.294 e. The molecule has 0 bridgehead atoms. The summed E-state index contributed by atoms with van der Waals surface area (Å²) in [6, 6.07) is 13.4. The summed E-state index contributed by atoms with van der Waals surface area (Å²) in [5.74, 6) is 0.568. The van der Waals surface area contributed by atoms with E-state index in [2.05, 4.69) is 15.9 Å². The average Bonchev–Trinajstić information content (AvgIpc) is 2.57. The third kappa shape index (κ3) is 6.58. The number of halogens is 1. The topological polar surface area (TPSA) is 34.1 Å². The lowest BCUT2D eigenvalue weighted by Crippen LogP contribution is -2.07. The van der Waals surface area contributed by atoms with Crippen LogP contribution in [0.25, 0.3) is 0 Å². The largest absolute Gasteiger partial charge is 0.294 e. The van der Waals surface area contributed by atoms with Gasteiger partial charge in [0.15, 0.2) is 11.6 Å². The van der Waals surface area contributed by atoms with Crippen molar-refractivity contribution < 1.29 is 9.59 Å². The summed E-state index contributed by atoms with van der Waals surface area (Å²) in [6.07, 6.45) is 0. The molecule has 0 heterocycles. The molecule has 2 nitrogen and oxygen atoms in total. The first-order valence-corrected chi connectivity index (χ1v) is 9.34. The second-order valence-electron chi connectivity index (χ2n) is 6.87. The fourth-order valence-electron chi connectivity index (χ4n) is 2.13. The fourth-order valence-corrected chi connectivity index (χ4v) is 2.51. The van der Waals surface area contributed by atoms with Crippen molar-refractivity contribution in [2.24, 2.45) is 11.8 Å². The van der Waals surface area contributed by atoms with Gasteiger partial charge < -0.3 is 0 Å². The lowest BCUT2D eigenvalue weighted by molar-refractivity contribution is 0.0932. The molecule has 0 saturated heterocycles. The van der Waals surface area contributed by atoms with Crippen LogP contribution >= 0.6 is 15.9 Å². The van der Waals surface area contributed by atoms with E-state index in [1.807, 2.05) is 84.0 Å². The zero-order valence-electron chi connectivity index (χ0n) is 15.9. The molecule has 0 atom stereocenters. The molecule has 2 aromatic carbocycles. The molecule has 0 saturated carbocycles. The number of hydrogen-bond donors (Lipinski definition) is 0. The monoisotopic (exact) mass is 402 g/mol. The Morgan fingerprint density at radius 3 is 1.64 bits per heavy atom. The van der Waals surface area contributed by atoms with Crippen LogP contribution in [-0.2, 0) is 0 Å². The summed E-state index contributed by atoms with van der Waals surface area (Å²) in [6.45, 7) is 11.7. The van der Waals surface area contributed by atoms with Crippen LogP contribution in [-0.4, -0.2) is 11.6 Å². The molecule has 0 N–H and O–H groups in total. The van der Waals surface area contributed by atoms with E-state index in [4.69, 9.17) is 0 Å². The maximum absolute atomic E-state index is 11.6. The van der Waals surface area contributed by atoms with Crippen molar-refractivity contribution in [1.82, 2.24) is 0 Å². The van der Waals surface area contributed by atoms with E-state index in [0.29, 0.717) is 0 Å². The smallest absolute Gasteiger partial charge is 0.165 e. The SMILES string of the molecule is Cc1ccc(C(=O)C(C)C)cc1.Cc1ccc(C(=O)C(C)C)cc1Br. The van der Waals surface area contributed by atoms with Gasteiger partial charge >= 0.3 is 0 Å². The molecule has 3 heteroatoms. The van der Waals surface area contributed by atoms with Crippen LogP contribution in [0.3, 0.4) is 0 Å². The van der Waals surface area contributed by atoms with Gasteiger partial charge in [0.25, 0.3) is 0 Å². The number of carbonyl (C=O) groups excluding carboxylic acids is 2. The van der Waals surface area contributed by atoms with Gasteiger partial charge in [-0.15, -0.1) is 0 Å². The second-order valence-corrected chi connectivity index (χ2v) is 7.72. The van der Waals surface area contributed by atoms with Crippen LogP contribution in [0, 0.1) is 25.7 Å². The second kappa shape index (κ2) is 9.67. The van der Waals surface area contributed by atoms with E-state index in [0.717, 1.165) is 21.2 Å². The number of benzene rings is 2. The normalized spacial score (nSPS) is 10.4. The molecule has 0 aliphatic heterocycles. The molecule has 134 valence electrons. The summed E-state index contributed by atoms with van der Waals surface area (Å²) in [5.41, 5.74) is 3.94. The van der Waals surface area contributed by atoms with E-state index < -0.39 is 0 Å². The molecule has 0 amide bonds. The Labute approximate surface area is 159 Å². The molecule has 0 aliphatic carbocycles. The Bertz CT molecular complexity index is 728. The maximum atomic E-state index is 11.6. The van der Waals surface area contributed by atoms with Gasteiger partial charge in [0.2, 0.25) is 0 Å². The predicted octanol–water partition coefficient (Wildman–Crippen LogP) is 6.43. The summed E-state index contributed by atoms with van der Waals surface area (Å²) < 4.78 is 0.999. The Morgan fingerprint density at radius 2 is 1.20 bits per heavy atom. The van der Waals surface area contributed by atoms with Crippen LogP contribution in [0.5, 0.6) is 0 Å². The summed E-state index contributed by atoms with van der Waals surface area (Å²) in [7, 11) is 0. The van der Waals surface area contributed by atoms with Crippen LogP contribution in [0.4, 0.5) is 0 Å². The molecular formula is C22H27BrO2. The Balaban J connectivity index is 0.000000251. The third-order valence-corrected chi connectivity index (χ3v) is 4.70. The predicted molar refractivity (Wildman–Crippen MR) is 108 cm³/mol. The first kappa shape index (κ1) is 21.3. The lowest BCUT2D eigenvalue weighted by Gasteiger charge is -2.05. The van der Waals surface area contributed by atoms with E-state index in [9.17, 15) is 9.59 Å². The molecular weight excluding hydrogens is 376 g/mol. The summed E-state index contributed by atoms with van der Waals surface area (Å²) in [5, 5.41) is 0. The molecule has 0 spiro atoms. The van der Waals surface area contributed by atoms with E-state index in [-0.39, 0.29) is 23.4 Å². The first-order chi connectivity index (χ1) is 11.6. The highest BCUT2D eigenvalue weighted by Gasteiger charge is 2.10.